The number of nitrogens with one attached hydrogen (secondary N) is 1. The number of likely N-dealkylation sites (N-methyl/N-ethyl adjacent to an activating group) is 1. The standard InChI is InChI=1S/C33H40BN3O10/c1-32(44)19-10-7-11-22(38)23(19)27(39)24-20(32)16-21-26(36(2)3)28(40)25(30(42)33(21,45)29(24)41)31(43)35-17-37-12-14-46-34(47-15-13-37)18-8-5-4-6-9-18/h4-11,19-21,23,26,38,41-42,44-45H,12-17H2,1-3H3,(H,35,43)/t19-,20+,21-,23-,26-,32-,33+/m0/s1. The largest absolute Gasteiger partial charge is 0.512 e. The summed E-state index contributed by atoms with van der Waals surface area (Å²) in [6, 6.07) is 8.28. The normalized spacial score (nSPS) is 34.7. The summed E-state index contributed by atoms with van der Waals surface area (Å²) in [7, 11) is 2.60. The molecule has 47 heavy (non-hydrogen) atoms. The molecule has 1 saturated carbocycles. The average molecular weight is 650 g/mol. The number of ketones is 2. The number of hydrogen-bond donors (Lipinski definition) is 6. The summed E-state index contributed by atoms with van der Waals surface area (Å²) in [4.78, 5) is 44.6. The lowest BCUT2D eigenvalue weighted by atomic mass is 9.52. The number of aliphatic hydroxyl groups is 5. The molecule has 7 atom stereocenters. The van der Waals surface area contributed by atoms with Crippen molar-refractivity contribution in [1.29, 1.82) is 0 Å². The molecule has 1 amide bonds. The molecule has 0 spiro atoms. The van der Waals surface area contributed by atoms with Gasteiger partial charge in [0.25, 0.3) is 5.91 Å². The number of carbonyl (C=O) groups is 3. The smallest absolute Gasteiger partial charge is 0.493 e. The summed E-state index contributed by atoms with van der Waals surface area (Å²) in [5, 5.41) is 60.3. The number of benzene rings is 1. The first-order valence-corrected chi connectivity index (χ1v) is 15.7. The lowest BCUT2D eigenvalue weighted by Gasteiger charge is -2.55. The molecule has 14 heteroatoms. The van der Waals surface area contributed by atoms with Gasteiger partial charge in [0.15, 0.2) is 17.2 Å². The highest BCUT2D eigenvalue weighted by atomic mass is 16.6. The van der Waals surface area contributed by atoms with Gasteiger partial charge < -0.3 is 40.2 Å². The Morgan fingerprint density at radius 2 is 1.70 bits per heavy atom. The summed E-state index contributed by atoms with van der Waals surface area (Å²) in [6.45, 7) is 2.86. The van der Waals surface area contributed by atoms with E-state index in [0.717, 1.165) is 5.46 Å². The Labute approximate surface area is 272 Å². The number of aliphatic hydroxyl groups excluding tert-OH is 3. The van der Waals surface area contributed by atoms with Crippen LogP contribution in [0.5, 0.6) is 0 Å². The Kier molecular flexibility index (Phi) is 8.70. The lowest BCUT2D eigenvalue weighted by molar-refractivity contribution is -0.152. The molecule has 1 aromatic carbocycles. The minimum atomic E-state index is -2.70. The SMILES string of the molecule is CN(C)[C@@H]1C(=O)C(C(=O)NCN2CCOB(c3ccccc3)OCC2)=C(O)[C@]2(O)C(O)=C3C(=O)[C@@H]4C(O)=CC=C[C@@H]4[C@](C)(O)[C@@H]3C[C@@H]12. The first-order valence-electron chi connectivity index (χ1n) is 15.7. The van der Waals surface area contributed by atoms with Crippen LogP contribution in [0, 0.1) is 23.7 Å². The Hall–Kier alpha value is -3.79. The Morgan fingerprint density at radius 1 is 1.04 bits per heavy atom. The van der Waals surface area contributed by atoms with E-state index >= 15 is 0 Å². The molecule has 0 unspecified atom stereocenters. The van der Waals surface area contributed by atoms with Gasteiger partial charge in [-0.05, 0) is 39.0 Å². The highest BCUT2D eigenvalue weighted by Gasteiger charge is 2.67. The maximum atomic E-state index is 13.9. The number of fused-ring (bicyclic) bond motifs is 3. The van der Waals surface area contributed by atoms with Crippen molar-refractivity contribution in [3.8, 4) is 0 Å². The van der Waals surface area contributed by atoms with Crippen molar-refractivity contribution in [3.63, 3.8) is 0 Å². The zero-order chi connectivity index (χ0) is 33.8. The molecule has 0 aromatic heterocycles. The molecule has 1 heterocycles. The third-order valence-corrected chi connectivity index (χ3v) is 10.3. The number of hydrogen-bond acceptors (Lipinski definition) is 12. The third-order valence-electron chi connectivity index (χ3n) is 10.3. The minimum Gasteiger partial charge on any atom is -0.512 e. The van der Waals surface area contributed by atoms with Crippen molar-refractivity contribution in [1.82, 2.24) is 15.1 Å². The Balaban J connectivity index is 1.28. The molecule has 0 radical (unpaired) electrons. The van der Waals surface area contributed by atoms with Crippen LogP contribution in [0.4, 0.5) is 0 Å². The van der Waals surface area contributed by atoms with Crippen LogP contribution in [0.3, 0.4) is 0 Å². The first-order chi connectivity index (χ1) is 22.3. The predicted molar refractivity (Wildman–Crippen MR) is 169 cm³/mol. The van der Waals surface area contributed by atoms with E-state index in [2.05, 4.69) is 5.32 Å². The van der Waals surface area contributed by atoms with E-state index in [4.69, 9.17) is 9.31 Å². The van der Waals surface area contributed by atoms with Crippen LogP contribution in [-0.4, -0.2) is 124 Å². The van der Waals surface area contributed by atoms with Crippen LogP contribution in [0.2, 0.25) is 0 Å². The summed E-state index contributed by atoms with van der Waals surface area (Å²) < 4.78 is 11.7. The van der Waals surface area contributed by atoms with Crippen LogP contribution in [-0.2, 0) is 23.7 Å². The Morgan fingerprint density at radius 3 is 2.34 bits per heavy atom. The van der Waals surface area contributed by atoms with Gasteiger partial charge in [-0.2, -0.15) is 0 Å². The van der Waals surface area contributed by atoms with E-state index in [0.29, 0.717) is 13.1 Å². The molecule has 1 saturated heterocycles. The van der Waals surface area contributed by atoms with E-state index in [1.54, 1.807) is 20.2 Å². The van der Waals surface area contributed by atoms with E-state index in [9.17, 15) is 39.9 Å². The minimum absolute atomic E-state index is 0.0429. The Bertz CT molecular complexity index is 1580. The second-order valence-electron chi connectivity index (χ2n) is 13.3. The van der Waals surface area contributed by atoms with E-state index in [-0.39, 0.29) is 37.6 Å². The monoisotopic (exact) mass is 649 g/mol. The molecule has 6 rings (SSSR count). The number of nitrogens with zero attached hydrogens (tertiary/aromatic N) is 2. The highest BCUT2D eigenvalue weighted by Crippen LogP contribution is 2.57. The van der Waals surface area contributed by atoms with Gasteiger partial charge >= 0.3 is 7.12 Å². The van der Waals surface area contributed by atoms with Gasteiger partial charge in [-0.3, -0.25) is 24.2 Å². The summed E-state index contributed by atoms with van der Waals surface area (Å²) in [5.74, 6) is -9.14. The van der Waals surface area contributed by atoms with Crippen molar-refractivity contribution in [3.05, 3.63) is 77.0 Å². The fraction of sp³-hybridized carbons (Fsp3) is 0.485. The molecule has 1 aliphatic heterocycles. The maximum Gasteiger partial charge on any atom is 0.493 e. The highest BCUT2D eigenvalue weighted by molar-refractivity contribution is 6.61. The summed E-state index contributed by atoms with van der Waals surface area (Å²) in [6.07, 6.45) is 4.28. The number of amides is 1. The number of Topliss-reactive ketones (excluding diaryl/α,β-unsaturated/α-hetero) is 2. The summed E-state index contributed by atoms with van der Waals surface area (Å²) in [5.41, 5.74) is -4.59. The quantitative estimate of drug-likeness (QED) is 0.184. The van der Waals surface area contributed by atoms with Gasteiger partial charge in [-0.25, -0.2) is 0 Å². The van der Waals surface area contributed by atoms with E-state index in [1.807, 2.05) is 35.2 Å². The van der Waals surface area contributed by atoms with Crippen LogP contribution < -0.4 is 10.8 Å². The molecular formula is C33H40BN3O10. The van der Waals surface area contributed by atoms with Crippen molar-refractivity contribution >= 4 is 30.1 Å². The zero-order valence-corrected chi connectivity index (χ0v) is 26.5. The predicted octanol–water partition coefficient (Wildman–Crippen LogP) is -0.114. The van der Waals surface area contributed by atoms with Gasteiger partial charge in [0.1, 0.15) is 22.9 Å². The molecule has 0 bridgehead atoms. The average Bonchev–Trinajstić information content (AvgIpc) is 3.01. The van der Waals surface area contributed by atoms with E-state index in [1.165, 1.54) is 24.0 Å². The molecular weight excluding hydrogens is 609 g/mol. The first kappa shape index (κ1) is 33.1. The number of rotatable bonds is 5. The number of carbonyl (C=O) groups excluding carboxylic acids is 3. The van der Waals surface area contributed by atoms with Crippen LogP contribution in [0.25, 0.3) is 0 Å². The zero-order valence-electron chi connectivity index (χ0n) is 26.5. The molecule has 1 aromatic rings. The van der Waals surface area contributed by atoms with Crippen molar-refractivity contribution in [2.24, 2.45) is 23.7 Å². The van der Waals surface area contributed by atoms with Crippen LogP contribution in [0.15, 0.2) is 77.0 Å². The van der Waals surface area contributed by atoms with Gasteiger partial charge in [0, 0.05) is 49.6 Å². The van der Waals surface area contributed by atoms with Crippen molar-refractivity contribution < 1.29 is 49.2 Å². The maximum absolute atomic E-state index is 13.9. The lowest BCUT2D eigenvalue weighted by Crippen LogP contribution is -2.66. The molecule has 13 nitrogen and oxygen atoms in total. The second-order valence-corrected chi connectivity index (χ2v) is 13.3. The molecule has 5 aliphatic rings. The van der Waals surface area contributed by atoms with Gasteiger partial charge in [-0.1, -0.05) is 42.5 Å². The van der Waals surface area contributed by atoms with Crippen LogP contribution in [0.1, 0.15) is 13.3 Å². The van der Waals surface area contributed by atoms with Gasteiger partial charge in [0.2, 0.25) is 0 Å². The topological polar surface area (TPSA) is 189 Å². The van der Waals surface area contributed by atoms with Gasteiger partial charge in [0.05, 0.1) is 24.2 Å². The second kappa shape index (κ2) is 12.3. The molecule has 4 aliphatic carbocycles. The molecule has 250 valence electrons. The van der Waals surface area contributed by atoms with Gasteiger partial charge in [-0.15, -0.1) is 0 Å². The molecule has 6 N–H and O–H groups in total. The van der Waals surface area contributed by atoms with Crippen LogP contribution >= 0.6 is 0 Å². The van der Waals surface area contributed by atoms with Crippen molar-refractivity contribution in [2.75, 3.05) is 47.1 Å². The van der Waals surface area contributed by atoms with E-state index < -0.39 is 82.6 Å². The number of allylic oxidation sites excluding steroid dienone is 3. The fourth-order valence-electron chi connectivity index (χ4n) is 7.88. The molecule has 2 fully saturated rings. The van der Waals surface area contributed by atoms with Crippen molar-refractivity contribution in [2.45, 2.75) is 30.6 Å². The third kappa shape index (κ3) is 5.33. The fourth-order valence-corrected chi connectivity index (χ4v) is 7.88. The summed E-state index contributed by atoms with van der Waals surface area (Å²) >= 11 is 0.